The summed E-state index contributed by atoms with van der Waals surface area (Å²) in [6.45, 7) is 4.11. The van der Waals surface area contributed by atoms with E-state index < -0.39 is 10.8 Å². The molecule has 0 heterocycles. The van der Waals surface area contributed by atoms with Crippen LogP contribution in [0.2, 0.25) is 0 Å². The third-order valence-corrected chi connectivity index (χ3v) is 6.94. The number of ether oxygens (including phenoxy) is 2. The van der Waals surface area contributed by atoms with Crippen LogP contribution in [0.15, 0.2) is 94.7 Å². The predicted octanol–water partition coefficient (Wildman–Crippen LogP) is 6.73. The van der Waals surface area contributed by atoms with E-state index in [9.17, 15) is 4.21 Å². The van der Waals surface area contributed by atoms with Crippen molar-refractivity contribution in [3.8, 4) is 23.0 Å². The van der Waals surface area contributed by atoms with Crippen LogP contribution in [-0.4, -0.2) is 4.21 Å². The first-order valence-electron chi connectivity index (χ1n) is 11.2. The van der Waals surface area contributed by atoms with Gasteiger partial charge >= 0.3 is 0 Å². The quantitative estimate of drug-likeness (QED) is 0.278. The predicted molar refractivity (Wildman–Crippen MR) is 138 cm³/mol. The maximum absolute atomic E-state index is 13.0. The van der Waals surface area contributed by atoms with E-state index in [0.717, 1.165) is 46.8 Å². The maximum Gasteiger partial charge on any atom is 0.127 e. The van der Waals surface area contributed by atoms with Crippen LogP contribution < -0.4 is 20.9 Å². The molecule has 5 nitrogen and oxygen atoms in total. The second kappa shape index (κ2) is 10.4. The maximum atomic E-state index is 13.0. The van der Waals surface area contributed by atoms with Gasteiger partial charge in [-0.25, -0.2) is 4.21 Å². The van der Waals surface area contributed by atoms with Crippen molar-refractivity contribution in [2.45, 2.75) is 36.5 Å². The van der Waals surface area contributed by atoms with Gasteiger partial charge in [0.1, 0.15) is 23.0 Å². The fourth-order valence-electron chi connectivity index (χ4n) is 3.57. The lowest BCUT2D eigenvalue weighted by Crippen LogP contribution is -1.95. The van der Waals surface area contributed by atoms with E-state index in [1.54, 1.807) is 0 Å². The Morgan fingerprint density at radius 2 is 0.941 bits per heavy atom. The third-order valence-electron chi connectivity index (χ3n) is 5.54. The molecule has 0 atom stereocenters. The van der Waals surface area contributed by atoms with Crippen LogP contribution in [0.1, 0.15) is 25.0 Å². The van der Waals surface area contributed by atoms with Crippen molar-refractivity contribution in [3.63, 3.8) is 0 Å². The lowest BCUT2D eigenvalue weighted by atomic mass is 10.1. The molecule has 0 unspecified atom stereocenters. The highest BCUT2D eigenvalue weighted by molar-refractivity contribution is 7.85. The molecule has 174 valence electrons. The Kier molecular flexibility index (Phi) is 7.18. The molecule has 4 N–H and O–H groups in total. The number of rotatable bonds is 8. The van der Waals surface area contributed by atoms with E-state index in [1.165, 1.54) is 0 Å². The molecule has 34 heavy (non-hydrogen) atoms. The highest BCUT2D eigenvalue weighted by Crippen LogP contribution is 2.29. The van der Waals surface area contributed by atoms with E-state index in [4.69, 9.17) is 20.9 Å². The average Bonchev–Trinajstić information content (AvgIpc) is 2.87. The van der Waals surface area contributed by atoms with Gasteiger partial charge in [0, 0.05) is 21.2 Å². The first-order chi connectivity index (χ1) is 16.5. The molecule has 0 aliphatic heterocycles. The molecule has 0 aromatic heterocycles. The van der Waals surface area contributed by atoms with E-state index in [1.807, 2.05) is 84.9 Å². The van der Waals surface area contributed by atoms with Crippen LogP contribution in [0.5, 0.6) is 23.0 Å². The zero-order valence-corrected chi connectivity index (χ0v) is 20.1. The summed E-state index contributed by atoms with van der Waals surface area (Å²) in [6.07, 6.45) is 1.68. The number of benzene rings is 4. The average molecular weight is 473 g/mol. The van der Waals surface area contributed by atoms with Crippen molar-refractivity contribution in [3.05, 3.63) is 96.1 Å². The standard InChI is InChI=1S/C28H28N2O3S/c1-3-19-17-23(9-15-27(19)29)32-21-5-11-25(12-6-21)34(31)26-13-7-22(8-14-26)33-24-10-16-28(30)20(4-2)18-24/h5-18H,3-4,29-30H2,1-2H3. The fourth-order valence-corrected chi connectivity index (χ4v) is 4.61. The molecule has 0 amide bonds. The van der Waals surface area contributed by atoms with Crippen LogP contribution in [0.3, 0.4) is 0 Å². The number of anilines is 2. The summed E-state index contributed by atoms with van der Waals surface area (Å²) in [4.78, 5) is 1.39. The molecule has 0 fully saturated rings. The van der Waals surface area contributed by atoms with Gasteiger partial charge in [-0.2, -0.15) is 0 Å². The molecule has 0 aliphatic rings. The minimum absolute atomic E-state index is 0.672. The van der Waals surface area contributed by atoms with E-state index >= 15 is 0 Å². The Balaban J connectivity index is 1.42. The van der Waals surface area contributed by atoms with Gasteiger partial charge in [-0.3, -0.25) is 0 Å². The van der Waals surface area contributed by atoms with Gasteiger partial charge in [0.2, 0.25) is 0 Å². The number of nitrogens with two attached hydrogens (primary N) is 2. The van der Waals surface area contributed by atoms with Crippen molar-refractivity contribution < 1.29 is 13.7 Å². The Hall–Kier alpha value is -3.77. The van der Waals surface area contributed by atoms with Crippen LogP contribution in [0.4, 0.5) is 11.4 Å². The molecular formula is C28H28N2O3S. The molecule has 0 saturated heterocycles. The zero-order valence-electron chi connectivity index (χ0n) is 19.3. The zero-order chi connectivity index (χ0) is 24.1. The number of nitrogen functional groups attached to an aromatic ring is 2. The number of aryl methyl sites for hydroxylation is 2. The van der Waals surface area contributed by atoms with Gasteiger partial charge in [-0.05, 0) is 109 Å². The van der Waals surface area contributed by atoms with Crippen LogP contribution in [0.25, 0.3) is 0 Å². The number of hydrogen-bond acceptors (Lipinski definition) is 5. The summed E-state index contributed by atoms with van der Waals surface area (Å²) in [5, 5.41) is 0. The Morgan fingerprint density at radius 1 is 0.588 bits per heavy atom. The molecule has 4 aromatic carbocycles. The summed E-state index contributed by atoms with van der Waals surface area (Å²) >= 11 is 0. The minimum atomic E-state index is -1.32. The molecule has 0 bridgehead atoms. The monoisotopic (exact) mass is 472 g/mol. The van der Waals surface area contributed by atoms with Crippen LogP contribution in [0, 0.1) is 0 Å². The first kappa shape index (κ1) is 23.4. The van der Waals surface area contributed by atoms with Crippen molar-refractivity contribution in [1.82, 2.24) is 0 Å². The lowest BCUT2D eigenvalue weighted by Gasteiger charge is -2.10. The van der Waals surface area contributed by atoms with Crippen molar-refractivity contribution in [2.75, 3.05) is 11.5 Å². The van der Waals surface area contributed by atoms with Gasteiger partial charge in [-0.1, -0.05) is 13.8 Å². The summed E-state index contributed by atoms with van der Waals surface area (Å²) < 4.78 is 24.9. The molecule has 0 radical (unpaired) electrons. The molecule has 4 rings (SSSR count). The smallest absolute Gasteiger partial charge is 0.127 e. The van der Waals surface area contributed by atoms with Gasteiger partial charge in [0.15, 0.2) is 0 Å². The summed E-state index contributed by atoms with van der Waals surface area (Å²) in [6, 6.07) is 25.8. The third kappa shape index (κ3) is 5.41. The Labute approximate surface area is 202 Å². The van der Waals surface area contributed by atoms with E-state index in [-0.39, 0.29) is 0 Å². The topological polar surface area (TPSA) is 87.6 Å². The first-order valence-corrected chi connectivity index (χ1v) is 12.4. The van der Waals surface area contributed by atoms with Crippen molar-refractivity contribution >= 4 is 22.2 Å². The largest absolute Gasteiger partial charge is 0.457 e. The van der Waals surface area contributed by atoms with E-state index in [2.05, 4.69) is 13.8 Å². The second-order valence-electron chi connectivity index (χ2n) is 7.84. The van der Waals surface area contributed by atoms with Gasteiger partial charge in [0.25, 0.3) is 0 Å². The van der Waals surface area contributed by atoms with Crippen LogP contribution in [-0.2, 0) is 23.6 Å². The van der Waals surface area contributed by atoms with Gasteiger partial charge < -0.3 is 20.9 Å². The van der Waals surface area contributed by atoms with Crippen molar-refractivity contribution in [1.29, 1.82) is 0 Å². The Bertz CT molecular complexity index is 1200. The van der Waals surface area contributed by atoms with Crippen molar-refractivity contribution in [2.24, 2.45) is 0 Å². The normalized spacial score (nSPS) is 10.9. The SMILES string of the molecule is CCc1cc(Oc2ccc(S(=O)c3ccc(Oc4ccc(N)c(CC)c4)cc3)cc2)ccc1N. The molecule has 0 spiro atoms. The van der Waals surface area contributed by atoms with E-state index in [0.29, 0.717) is 21.3 Å². The fraction of sp³-hybridized carbons (Fsp3) is 0.143. The molecular weight excluding hydrogens is 444 g/mol. The van der Waals surface area contributed by atoms with Crippen LogP contribution >= 0.6 is 0 Å². The summed E-state index contributed by atoms with van der Waals surface area (Å²) in [5.74, 6) is 2.79. The molecule has 6 heteroatoms. The highest BCUT2D eigenvalue weighted by Gasteiger charge is 2.09. The highest BCUT2D eigenvalue weighted by atomic mass is 32.2. The van der Waals surface area contributed by atoms with Gasteiger partial charge in [-0.15, -0.1) is 0 Å². The summed E-state index contributed by atoms with van der Waals surface area (Å²) in [5.41, 5.74) is 15.5. The number of hydrogen-bond donors (Lipinski definition) is 2. The summed E-state index contributed by atoms with van der Waals surface area (Å²) in [7, 11) is -1.32. The Morgan fingerprint density at radius 3 is 1.29 bits per heavy atom. The molecule has 0 aliphatic carbocycles. The molecule has 4 aromatic rings. The second-order valence-corrected chi connectivity index (χ2v) is 9.32. The van der Waals surface area contributed by atoms with Gasteiger partial charge in [0.05, 0.1) is 10.8 Å². The molecule has 0 saturated carbocycles. The minimum Gasteiger partial charge on any atom is -0.457 e. The lowest BCUT2D eigenvalue weighted by molar-refractivity contribution is 0.481.